The van der Waals surface area contributed by atoms with Gasteiger partial charge in [0.15, 0.2) is 0 Å². The first-order valence-corrected chi connectivity index (χ1v) is 10.2. The van der Waals surface area contributed by atoms with Gasteiger partial charge in [0.2, 0.25) is 5.91 Å². The van der Waals surface area contributed by atoms with E-state index in [0.717, 1.165) is 34.6 Å². The number of anilines is 1. The number of carbonyl (C=O) groups excluding carboxylic acids is 2. The number of hydrogen-bond donors (Lipinski definition) is 3. The highest BCUT2D eigenvalue weighted by atomic mass is 16.5. The first kappa shape index (κ1) is 21.5. The lowest BCUT2D eigenvalue weighted by Gasteiger charge is -2.17. The standard InChI is InChI=1S/C23H29N3O4/c1-5-29-21-11-18-9-14(2)30-22(18)12-19(21)13-24-23(28)25-15(3)17-7-6-8-20(10-17)26-16(4)27/h6-8,10-12,14-15H,5,9,13H2,1-4H3,(H,26,27)(H2,24,25,28). The molecule has 3 rings (SSSR count). The summed E-state index contributed by atoms with van der Waals surface area (Å²) in [4.78, 5) is 23.7. The second-order valence-corrected chi connectivity index (χ2v) is 7.49. The van der Waals surface area contributed by atoms with Gasteiger partial charge in [0.1, 0.15) is 17.6 Å². The molecule has 0 aromatic heterocycles. The summed E-state index contributed by atoms with van der Waals surface area (Å²) in [6.45, 7) is 8.20. The molecule has 30 heavy (non-hydrogen) atoms. The number of benzene rings is 2. The van der Waals surface area contributed by atoms with Crippen LogP contribution in [0.25, 0.3) is 0 Å². The Morgan fingerprint density at radius 2 is 2.07 bits per heavy atom. The number of amides is 3. The molecule has 2 unspecified atom stereocenters. The molecule has 0 saturated heterocycles. The topological polar surface area (TPSA) is 88.7 Å². The highest BCUT2D eigenvalue weighted by Gasteiger charge is 2.22. The minimum atomic E-state index is -0.287. The van der Waals surface area contributed by atoms with Gasteiger partial charge in [-0.1, -0.05) is 12.1 Å². The van der Waals surface area contributed by atoms with Crippen LogP contribution >= 0.6 is 0 Å². The monoisotopic (exact) mass is 411 g/mol. The molecule has 7 heteroatoms. The number of urea groups is 1. The Balaban J connectivity index is 1.62. The molecule has 1 heterocycles. The summed E-state index contributed by atoms with van der Waals surface area (Å²) in [5, 5.41) is 8.56. The Labute approximate surface area is 177 Å². The fourth-order valence-corrected chi connectivity index (χ4v) is 3.51. The van der Waals surface area contributed by atoms with Crippen molar-refractivity contribution in [1.29, 1.82) is 0 Å². The molecular formula is C23H29N3O4. The highest BCUT2D eigenvalue weighted by Crippen LogP contribution is 2.35. The Morgan fingerprint density at radius 3 is 2.80 bits per heavy atom. The lowest BCUT2D eigenvalue weighted by atomic mass is 10.1. The van der Waals surface area contributed by atoms with Crippen LogP contribution in [0, 0.1) is 0 Å². The first-order valence-electron chi connectivity index (χ1n) is 10.2. The van der Waals surface area contributed by atoms with E-state index in [0.29, 0.717) is 18.8 Å². The van der Waals surface area contributed by atoms with Crippen molar-refractivity contribution in [3.63, 3.8) is 0 Å². The van der Waals surface area contributed by atoms with E-state index in [2.05, 4.69) is 16.0 Å². The molecule has 0 fully saturated rings. The smallest absolute Gasteiger partial charge is 0.315 e. The summed E-state index contributed by atoms with van der Waals surface area (Å²) in [6, 6.07) is 10.8. The van der Waals surface area contributed by atoms with Gasteiger partial charge in [-0.2, -0.15) is 0 Å². The van der Waals surface area contributed by atoms with Crippen LogP contribution < -0.4 is 25.4 Å². The third kappa shape index (κ3) is 5.43. The van der Waals surface area contributed by atoms with E-state index in [1.807, 2.05) is 57.2 Å². The van der Waals surface area contributed by atoms with E-state index in [-0.39, 0.29) is 24.1 Å². The molecule has 1 aliphatic rings. The molecule has 3 N–H and O–H groups in total. The predicted molar refractivity (Wildman–Crippen MR) is 116 cm³/mol. The molecule has 2 aromatic rings. The Hall–Kier alpha value is -3.22. The van der Waals surface area contributed by atoms with Crippen molar-refractivity contribution in [2.24, 2.45) is 0 Å². The van der Waals surface area contributed by atoms with Crippen LogP contribution in [-0.4, -0.2) is 24.6 Å². The SMILES string of the molecule is CCOc1cc2c(cc1CNC(=O)NC(C)c1cccc(NC(C)=O)c1)OC(C)C2. The zero-order chi connectivity index (χ0) is 21.7. The van der Waals surface area contributed by atoms with Gasteiger partial charge in [-0.3, -0.25) is 4.79 Å². The lowest BCUT2D eigenvalue weighted by Crippen LogP contribution is -2.36. The normalized spacial score (nSPS) is 15.5. The zero-order valence-corrected chi connectivity index (χ0v) is 17.9. The Kier molecular flexibility index (Phi) is 6.82. The first-order chi connectivity index (χ1) is 14.4. The van der Waals surface area contributed by atoms with Gasteiger partial charge >= 0.3 is 6.03 Å². The minimum Gasteiger partial charge on any atom is -0.494 e. The van der Waals surface area contributed by atoms with Crippen molar-refractivity contribution in [3.8, 4) is 11.5 Å². The maximum absolute atomic E-state index is 12.5. The molecule has 0 aliphatic carbocycles. The van der Waals surface area contributed by atoms with Crippen molar-refractivity contribution in [1.82, 2.24) is 10.6 Å². The molecule has 2 aromatic carbocycles. The Bertz CT molecular complexity index is 929. The number of carbonyl (C=O) groups is 2. The van der Waals surface area contributed by atoms with Gasteiger partial charge in [-0.15, -0.1) is 0 Å². The van der Waals surface area contributed by atoms with E-state index in [4.69, 9.17) is 9.47 Å². The molecule has 3 amide bonds. The zero-order valence-electron chi connectivity index (χ0n) is 17.9. The molecule has 0 radical (unpaired) electrons. The van der Waals surface area contributed by atoms with Gasteiger partial charge in [-0.05, 0) is 50.6 Å². The van der Waals surface area contributed by atoms with E-state index in [1.54, 1.807) is 0 Å². The van der Waals surface area contributed by atoms with Gasteiger partial charge in [-0.25, -0.2) is 4.79 Å². The summed E-state index contributed by atoms with van der Waals surface area (Å²) in [5.41, 5.74) is 3.60. The molecule has 0 saturated carbocycles. The fraction of sp³-hybridized carbons (Fsp3) is 0.391. The van der Waals surface area contributed by atoms with E-state index < -0.39 is 0 Å². The van der Waals surface area contributed by atoms with Crippen LogP contribution in [0.1, 0.15) is 50.4 Å². The molecule has 1 aliphatic heterocycles. The van der Waals surface area contributed by atoms with Crippen molar-refractivity contribution < 1.29 is 19.1 Å². The fourth-order valence-electron chi connectivity index (χ4n) is 3.51. The van der Waals surface area contributed by atoms with E-state index in [1.165, 1.54) is 6.92 Å². The van der Waals surface area contributed by atoms with Gasteiger partial charge in [0.05, 0.1) is 12.6 Å². The molecule has 0 bridgehead atoms. The summed E-state index contributed by atoms with van der Waals surface area (Å²) < 4.78 is 11.6. The van der Waals surface area contributed by atoms with Crippen molar-refractivity contribution in [3.05, 3.63) is 53.1 Å². The average molecular weight is 412 g/mol. The van der Waals surface area contributed by atoms with Crippen LogP contribution in [0.4, 0.5) is 10.5 Å². The number of fused-ring (bicyclic) bond motifs is 1. The molecular weight excluding hydrogens is 382 g/mol. The molecule has 0 spiro atoms. The summed E-state index contributed by atoms with van der Waals surface area (Å²) in [6.07, 6.45) is 1.01. The third-order valence-corrected chi connectivity index (χ3v) is 4.87. The maximum atomic E-state index is 12.5. The van der Waals surface area contributed by atoms with Crippen LogP contribution in [0.3, 0.4) is 0 Å². The van der Waals surface area contributed by atoms with Gasteiger partial charge in [0.25, 0.3) is 0 Å². The number of rotatable bonds is 7. The van der Waals surface area contributed by atoms with Crippen LogP contribution in [0.5, 0.6) is 11.5 Å². The summed E-state index contributed by atoms with van der Waals surface area (Å²) in [5.74, 6) is 1.49. The second-order valence-electron chi connectivity index (χ2n) is 7.49. The molecule has 7 nitrogen and oxygen atoms in total. The third-order valence-electron chi connectivity index (χ3n) is 4.87. The Morgan fingerprint density at radius 1 is 1.27 bits per heavy atom. The van der Waals surface area contributed by atoms with Crippen LogP contribution in [0.15, 0.2) is 36.4 Å². The number of nitrogens with one attached hydrogen (secondary N) is 3. The maximum Gasteiger partial charge on any atom is 0.315 e. The second kappa shape index (κ2) is 9.52. The van der Waals surface area contributed by atoms with E-state index >= 15 is 0 Å². The highest BCUT2D eigenvalue weighted by molar-refractivity contribution is 5.88. The van der Waals surface area contributed by atoms with Crippen LogP contribution in [-0.2, 0) is 17.8 Å². The molecule has 2 atom stereocenters. The van der Waals surface area contributed by atoms with Gasteiger partial charge in [0, 0.05) is 36.7 Å². The van der Waals surface area contributed by atoms with Crippen molar-refractivity contribution in [2.75, 3.05) is 11.9 Å². The average Bonchev–Trinajstić information content (AvgIpc) is 3.05. The predicted octanol–water partition coefficient (Wildman–Crippen LogP) is 3.93. The largest absolute Gasteiger partial charge is 0.494 e. The van der Waals surface area contributed by atoms with E-state index in [9.17, 15) is 9.59 Å². The quantitative estimate of drug-likeness (QED) is 0.644. The summed E-state index contributed by atoms with van der Waals surface area (Å²) >= 11 is 0. The number of hydrogen-bond acceptors (Lipinski definition) is 4. The minimum absolute atomic E-state index is 0.136. The molecule has 160 valence electrons. The van der Waals surface area contributed by atoms with Crippen molar-refractivity contribution >= 4 is 17.6 Å². The van der Waals surface area contributed by atoms with Crippen LogP contribution in [0.2, 0.25) is 0 Å². The van der Waals surface area contributed by atoms with Gasteiger partial charge < -0.3 is 25.4 Å². The number of ether oxygens (including phenoxy) is 2. The summed E-state index contributed by atoms with van der Waals surface area (Å²) in [7, 11) is 0. The lowest BCUT2D eigenvalue weighted by molar-refractivity contribution is -0.114. The van der Waals surface area contributed by atoms with Crippen molar-refractivity contribution in [2.45, 2.75) is 52.8 Å².